The van der Waals surface area contributed by atoms with Crippen LogP contribution < -0.4 is 5.73 Å². The summed E-state index contributed by atoms with van der Waals surface area (Å²) >= 11 is 0. The number of nitrogen functional groups attached to an aromatic ring is 1. The van der Waals surface area contributed by atoms with E-state index in [4.69, 9.17) is 10.2 Å². The van der Waals surface area contributed by atoms with Gasteiger partial charge in [0.25, 0.3) is 11.8 Å². The van der Waals surface area contributed by atoms with E-state index in [0.717, 1.165) is 11.1 Å². The van der Waals surface area contributed by atoms with Gasteiger partial charge in [-0.15, -0.1) is 10.2 Å². The van der Waals surface area contributed by atoms with Crippen LogP contribution in [0, 0.1) is 0 Å². The summed E-state index contributed by atoms with van der Waals surface area (Å²) in [5.74, 6) is 0.487. The second-order valence-corrected chi connectivity index (χ2v) is 7.04. The monoisotopic (exact) mass is 416 g/mol. The highest BCUT2D eigenvalue weighted by atomic mass is 16.4. The molecule has 0 bridgehead atoms. The van der Waals surface area contributed by atoms with Crippen molar-refractivity contribution < 1.29 is 14.3 Å². The number of rotatable bonds is 5. The minimum absolute atomic E-state index is 0.0840. The quantitative estimate of drug-likeness (QED) is 0.508. The fraction of sp³-hybridized carbons (Fsp3) is 0.136. The standard InChI is InChI=1S/C22H20N6O3/c1-28(2)22(30)15-8-6-14(7-9-15)17-11-24-19(23)18(25-17)21-27-26-20(31-21)16-5-3-4-13(10-16)12-29/h3-11,29H,12H2,1-2H3,(H2,23,24). The van der Waals surface area contributed by atoms with Crippen LogP contribution in [0.2, 0.25) is 0 Å². The normalized spacial score (nSPS) is 10.8. The molecule has 2 heterocycles. The van der Waals surface area contributed by atoms with Crippen molar-refractivity contribution in [2.45, 2.75) is 6.61 Å². The molecule has 156 valence electrons. The SMILES string of the molecule is CN(C)C(=O)c1ccc(-c2cnc(N)c(-c3nnc(-c4cccc(CO)c4)o3)n2)cc1. The Morgan fingerprint density at radius 1 is 1.06 bits per heavy atom. The van der Waals surface area contributed by atoms with Crippen molar-refractivity contribution in [3.8, 4) is 34.3 Å². The number of aliphatic hydroxyl groups excluding tert-OH is 1. The predicted octanol–water partition coefficient (Wildman–Crippen LogP) is 2.64. The van der Waals surface area contributed by atoms with Gasteiger partial charge in [-0.05, 0) is 29.8 Å². The van der Waals surface area contributed by atoms with Gasteiger partial charge in [0.05, 0.1) is 18.5 Å². The molecule has 0 spiro atoms. The first-order valence-electron chi connectivity index (χ1n) is 9.45. The van der Waals surface area contributed by atoms with E-state index in [-0.39, 0.29) is 35.8 Å². The molecule has 2 aromatic carbocycles. The van der Waals surface area contributed by atoms with E-state index >= 15 is 0 Å². The Kier molecular flexibility index (Phi) is 5.42. The molecule has 9 nitrogen and oxygen atoms in total. The lowest BCUT2D eigenvalue weighted by Crippen LogP contribution is -2.21. The lowest BCUT2D eigenvalue weighted by Gasteiger charge is -2.10. The molecule has 3 N–H and O–H groups in total. The Bertz CT molecular complexity index is 1230. The average molecular weight is 416 g/mol. The molecular formula is C22H20N6O3. The zero-order valence-electron chi connectivity index (χ0n) is 17.0. The molecule has 2 aromatic heterocycles. The van der Waals surface area contributed by atoms with E-state index in [9.17, 15) is 9.90 Å². The highest BCUT2D eigenvalue weighted by molar-refractivity contribution is 5.94. The Morgan fingerprint density at radius 3 is 2.52 bits per heavy atom. The van der Waals surface area contributed by atoms with E-state index in [0.29, 0.717) is 16.8 Å². The summed E-state index contributed by atoms with van der Waals surface area (Å²) in [5, 5.41) is 17.4. The van der Waals surface area contributed by atoms with Crippen LogP contribution in [0.4, 0.5) is 5.82 Å². The van der Waals surface area contributed by atoms with Crippen molar-refractivity contribution >= 4 is 11.7 Å². The summed E-state index contributed by atoms with van der Waals surface area (Å²) in [6.07, 6.45) is 1.55. The van der Waals surface area contributed by atoms with Gasteiger partial charge in [-0.25, -0.2) is 9.97 Å². The van der Waals surface area contributed by atoms with Gasteiger partial charge in [-0.3, -0.25) is 4.79 Å². The van der Waals surface area contributed by atoms with Gasteiger partial charge < -0.3 is 20.2 Å². The number of hydrogen-bond donors (Lipinski definition) is 2. The van der Waals surface area contributed by atoms with Gasteiger partial charge in [-0.1, -0.05) is 24.3 Å². The Balaban J connectivity index is 1.66. The maximum absolute atomic E-state index is 12.1. The van der Waals surface area contributed by atoms with Crippen LogP contribution in [0.5, 0.6) is 0 Å². The number of aliphatic hydroxyl groups is 1. The molecule has 0 radical (unpaired) electrons. The maximum Gasteiger partial charge on any atom is 0.270 e. The van der Waals surface area contributed by atoms with Gasteiger partial charge in [0.1, 0.15) is 0 Å². The summed E-state index contributed by atoms with van der Waals surface area (Å²) in [4.78, 5) is 22.3. The molecule has 31 heavy (non-hydrogen) atoms. The first-order chi connectivity index (χ1) is 15.0. The van der Waals surface area contributed by atoms with Gasteiger partial charge in [0.15, 0.2) is 11.5 Å². The van der Waals surface area contributed by atoms with E-state index < -0.39 is 0 Å². The molecule has 0 saturated heterocycles. The molecule has 4 rings (SSSR count). The number of carbonyl (C=O) groups is 1. The lowest BCUT2D eigenvalue weighted by molar-refractivity contribution is 0.0827. The smallest absolute Gasteiger partial charge is 0.270 e. The second kappa shape index (κ2) is 8.33. The van der Waals surface area contributed by atoms with Gasteiger partial charge in [0.2, 0.25) is 5.89 Å². The number of benzene rings is 2. The molecule has 0 unspecified atom stereocenters. The van der Waals surface area contributed by atoms with E-state index in [2.05, 4.69) is 20.2 Å². The van der Waals surface area contributed by atoms with Crippen molar-refractivity contribution in [1.29, 1.82) is 0 Å². The highest BCUT2D eigenvalue weighted by Crippen LogP contribution is 2.28. The Labute approximate surface area is 178 Å². The topological polar surface area (TPSA) is 131 Å². The van der Waals surface area contributed by atoms with Gasteiger partial charge in [-0.2, -0.15) is 0 Å². The van der Waals surface area contributed by atoms with Crippen molar-refractivity contribution in [3.05, 3.63) is 65.9 Å². The maximum atomic E-state index is 12.1. The third-order valence-corrected chi connectivity index (χ3v) is 4.62. The minimum atomic E-state index is -0.0891. The number of nitrogens with zero attached hydrogens (tertiary/aromatic N) is 5. The van der Waals surface area contributed by atoms with Crippen molar-refractivity contribution in [2.24, 2.45) is 0 Å². The fourth-order valence-corrected chi connectivity index (χ4v) is 2.97. The van der Waals surface area contributed by atoms with Crippen LogP contribution in [-0.2, 0) is 6.61 Å². The first kappa shape index (κ1) is 20.2. The number of aromatic nitrogens is 4. The summed E-state index contributed by atoms with van der Waals surface area (Å²) in [6.45, 7) is -0.0891. The summed E-state index contributed by atoms with van der Waals surface area (Å²) in [7, 11) is 3.40. The number of hydrogen-bond acceptors (Lipinski definition) is 8. The first-order valence-corrected chi connectivity index (χ1v) is 9.45. The van der Waals surface area contributed by atoms with Crippen molar-refractivity contribution in [1.82, 2.24) is 25.1 Å². The average Bonchev–Trinajstić information content (AvgIpc) is 3.29. The van der Waals surface area contributed by atoms with Gasteiger partial charge >= 0.3 is 0 Å². The molecule has 1 amide bonds. The number of carbonyl (C=O) groups excluding carboxylic acids is 1. The van der Waals surface area contributed by atoms with Crippen LogP contribution in [0.25, 0.3) is 34.3 Å². The van der Waals surface area contributed by atoms with Crippen molar-refractivity contribution in [2.75, 3.05) is 19.8 Å². The molecule has 0 saturated carbocycles. The minimum Gasteiger partial charge on any atom is -0.414 e. The third-order valence-electron chi connectivity index (χ3n) is 4.62. The van der Waals surface area contributed by atoms with Gasteiger partial charge in [0, 0.05) is 30.8 Å². The molecule has 0 aliphatic carbocycles. The van der Waals surface area contributed by atoms with E-state index in [1.54, 1.807) is 68.8 Å². The van der Waals surface area contributed by atoms with Crippen LogP contribution in [-0.4, -0.2) is 50.2 Å². The molecule has 9 heteroatoms. The largest absolute Gasteiger partial charge is 0.414 e. The second-order valence-electron chi connectivity index (χ2n) is 7.04. The predicted molar refractivity (Wildman–Crippen MR) is 115 cm³/mol. The van der Waals surface area contributed by atoms with Crippen LogP contribution in [0.3, 0.4) is 0 Å². The van der Waals surface area contributed by atoms with Crippen LogP contribution in [0.1, 0.15) is 15.9 Å². The highest BCUT2D eigenvalue weighted by Gasteiger charge is 2.17. The lowest BCUT2D eigenvalue weighted by atomic mass is 10.1. The molecular weight excluding hydrogens is 396 g/mol. The van der Waals surface area contributed by atoms with Crippen LogP contribution >= 0.6 is 0 Å². The molecule has 0 aliphatic heterocycles. The fourth-order valence-electron chi connectivity index (χ4n) is 2.97. The zero-order valence-corrected chi connectivity index (χ0v) is 17.0. The molecule has 0 fully saturated rings. The molecule has 0 atom stereocenters. The number of anilines is 1. The zero-order chi connectivity index (χ0) is 22.0. The Hall–Kier alpha value is -4.11. The summed E-state index contributed by atoms with van der Waals surface area (Å²) < 4.78 is 5.77. The van der Waals surface area contributed by atoms with Crippen molar-refractivity contribution in [3.63, 3.8) is 0 Å². The van der Waals surface area contributed by atoms with Crippen LogP contribution in [0.15, 0.2) is 59.1 Å². The summed E-state index contributed by atoms with van der Waals surface area (Å²) in [5.41, 5.74) is 9.57. The van der Waals surface area contributed by atoms with E-state index in [1.807, 2.05) is 0 Å². The molecule has 4 aromatic rings. The summed E-state index contributed by atoms with van der Waals surface area (Å²) in [6, 6.07) is 14.2. The van der Waals surface area contributed by atoms with E-state index in [1.165, 1.54) is 4.90 Å². The Morgan fingerprint density at radius 2 is 1.81 bits per heavy atom. The third kappa shape index (κ3) is 4.12. The molecule has 0 aliphatic rings. The number of amides is 1. The number of nitrogens with two attached hydrogens (primary N) is 1.